The van der Waals surface area contributed by atoms with Crippen LogP contribution in [-0.4, -0.2) is 14.2 Å². The third-order valence-corrected chi connectivity index (χ3v) is 4.67. The molecule has 2 aliphatic rings. The van der Waals surface area contributed by atoms with Gasteiger partial charge in [-0.15, -0.1) is 0 Å². The van der Waals surface area contributed by atoms with Gasteiger partial charge in [0, 0.05) is 12.0 Å². The Bertz CT molecular complexity index is 247. The van der Waals surface area contributed by atoms with Crippen LogP contribution in [0.1, 0.15) is 51.4 Å². The molecule has 0 N–H and O–H groups in total. The zero-order valence-corrected chi connectivity index (χ0v) is 10.3. The van der Waals surface area contributed by atoms with Crippen LogP contribution in [0.2, 0.25) is 0 Å². The van der Waals surface area contributed by atoms with E-state index in [9.17, 15) is 0 Å². The predicted molar refractivity (Wildman–Crippen MR) is 66.4 cm³/mol. The van der Waals surface area contributed by atoms with Gasteiger partial charge in [-0.05, 0) is 63.2 Å². The van der Waals surface area contributed by atoms with E-state index in [2.05, 4.69) is 6.07 Å². The third-order valence-electron chi connectivity index (χ3n) is 4.67. The van der Waals surface area contributed by atoms with Gasteiger partial charge in [-0.1, -0.05) is 0 Å². The first kappa shape index (κ1) is 12.0. The predicted octanol–water partition coefficient (Wildman–Crippen LogP) is 2.44. The Morgan fingerprint density at radius 2 is 1.38 bits per heavy atom. The monoisotopic (exact) mass is 219 g/mol. The van der Waals surface area contributed by atoms with E-state index in [1.165, 1.54) is 38.5 Å². The van der Waals surface area contributed by atoms with Crippen molar-refractivity contribution in [3.63, 3.8) is 0 Å². The second-order valence-electron chi connectivity index (χ2n) is 5.51. The van der Waals surface area contributed by atoms with E-state index in [4.69, 9.17) is 9.92 Å². The normalized spacial score (nSPS) is 40.2. The summed E-state index contributed by atoms with van der Waals surface area (Å²) in [6.07, 6.45) is 10.6. The molecule has 0 heterocycles. The summed E-state index contributed by atoms with van der Waals surface area (Å²) in [6.45, 7) is 0. The molecule has 2 aliphatic carbocycles. The lowest BCUT2D eigenvalue weighted by atomic mass is 9.71. The van der Waals surface area contributed by atoms with Crippen LogP contribution in [0.5, 0.6) is 0 Å². The van der Waals surface area contributed by atoms with Crippen molar-refractivity contribution < 1.29 is 4.65 Å². The van der Waals surface area contributed by atoms with Crippen molar-refractivity contribution >= 4 is 8.05 Å². The highest BCUT2D eigenvalue weighted by Gasteiger charge is 2.30. The standard InChI is InChI=1S/C13H22BNO/c14-16-13-7-5-12(6-8-13)11-3-1-10(9-15)2-4-11/h10-13H,1-8,14H2. The summed E-state index contributed by atoms with van der Waals surface area (Å²) in [4.78, 5) is 0. The maximum atomic E-state index is 8.89. The second kappa shape index (κ2) is 5.73. The highest BCUT2D eigenvalue weighted by molar-refractivity contribution is 5.98. The van der Waals surface area contributed by atoms with Crippen LogP contribution in [0.3, 0.4) is 0 Å². The van der Waals surface area contributed by atoms with Crippen LogP contribution in [0.4, 0.5) is 0 Å². The number of rotatable bonds is 2. The molecule has 0 bridgehead atoms. The van der Waals surface area contributed by atoms with Crippen molar-refractivity contribution in [3.8, 4) is 6.07 Å². The maximum Gasteiger partial charge on any atom is 0.257 e. The molecule has 88 valence electrons. The lowest BCUT2D eigenvalue weighted by Gasteiger charge is -2.36. The minimum absolute atomic E-state index is 0.353. The lowest BCUT2D eigenvalue weighted by molar-refractivity contribution is 0.102. The highest BCUT2D eigenvalue weighted by Crippen LogP contribution is 2.40. The minimum Gasteiger partial charge on any atom is -0.441 e. The number of nitriles is 1. The van der Waals surface area contributed by atoms with Gasteiger partial charge in [-0.3, -0.25) is 0 Å². The number of hydrogen-bond donors (Lipinski definition) is 0. The first-order valence-electron chi connectivity index (χ1n) is 6.76. The minimum atomic E-state index is 0.353. The maximum absolute atomic E-state index is 8.89. The summed E-state index contributed by atoms with van der Waals surface area (Å²) in [6, 6.07) is 2.42. The molecule has 0 atom stereocenters. The van der Waals surface area contributed by atoms with E-state index < -0.39 is 0 Å². The molecular formula is C13H22BNO. The van der Waals surface area contributed by atoms with Crippen molar-refractivity contribution in [3.05, 3.63) is 0 Å². The van der Waals surface area contributed by atoms with Crippen LogP contribution in [0.15, 0.2) is 0 Å². The molecule has 0 aromatic carbocycles. The number of nitrogens with zero attached hydrogens (tertiary/aromatic N) is 1. The lowest BCUT2D eigenvalue weighted by Crippen LogP contribution is -2.28. The Hall–Kier alpha value is -0.485. The van der Waals surface area contributed by atoms with E-state index >= 15 is 0 Å². The fourth-order valence-corrected chi connectivity index (χ4v) is 3.52. The smallest absolute Gasteiger partial charge is 0.257 e. The molecular weight excluding hydrogens is 197 g/mol. The molecule has 3 heteroatoms. The average molecular weight is 219 g/mol. The highest BCUT2D eigenvalue weighted by atomic mass is 16.4. The molecule has 0 aromatic rings. The Morgan fingerprint density at radius 1 is 0.875 bits per heavy atom. The van der Waals surface area contributed by atoms with E-state index in [0.29, 0.717) is 12.0 Å². The topological polar surface area (TPSA) is 33.0 Å². The van der Waals surface area contributed by atoms with Crippen LogP contribution < -0.4 is 0 Å². The Kier molecular flexibility index (Phi) is 4.29. The van der Waals surface area contributed by atoms with Gasteiger partial charge >= 0.3 is 0 Å². The van der Waals surface area contributed by atoms with E-state index in [1.807, 2.05) is 8.05 Å². The second-order valence-corrected chi connectivity index (χ2v) is 5.51. The van der Waals surface area contributed by atoms with Gasteiger partial charge in [0.15, 0.2) is 0 Å². The molecule has 0 amide bonds. The largest absolute Gasteiger partial charge is 0.441 e. The van der Waals surface area contributed by atoms with Crippen molar-refractivity contribution in [1.82, 2.24) is 0 Å². The first-order valence-corrected chi connectivity index (χ1v) is 6.76. The van der Waals surface area contributed by atoms with Crippen LogP contribution in [0, 0.1) is 29.1 Å². The molecule has 2 fully saturated rings. The zero-order valence-electron chi connectivity index (χ0n) is 10.3. The fraction of sp³-hybridized carbons (Fsp3) is 0.923. The summed E-state index contributed by atoms with van der Waals surface area (Å²) < 4.78 is 5.42. The first-order chi connectivity index (χ1) is 7.83. The van der Waals surface area contributed by atoms with Crippen molar-refractivity contribution in [1.29, 1.82) is 5.26 Å². The van der Waals surface area contributed by atoms with Gasteiger partial charge in [-0.25, -0.2) is 0 Å². The van der Waals surface area contributed by atoms with E-state index in [-0.39, 0.29) is 0 Å². The SMILES string of the molecule is BOC1CCC(C2CCC(C#N)CC2)CC1. The average Bonchev–Trinajstić information content (AvgIpc) is 2.39. The van der Waals surface area contributed by atoms with Gasteiger partial charge in [0.25, 0.3) is 8.05 Å². The summed E-state index contributed by atoms with van der Waals surface area (Å²) in [5.74, 6) is 2.18. The van der Waals surface area contributed by atoms with Gasteiger partial charge in [0.05, 0.1) is 6.07 Å². The number of hydrogen-bond acceptors (Lipinski definition) is 2. The summed E-state index contributed by atoms with van der Waals surface area (Å²) in [5, 5.41) is 8.89. The summed E-state index contributed by atoms with van der Waals surface area (Å²) in [5.41, 5.74) is 0. The molecule has 0 aromatic heterocycles. The van der Waals surface area contributed by atoms with Gasteiger partial charge in [0.1, 0.15) is 0 Å². The van der Waals surface area contributed by atoms with E-state index in [1.54, 1.807) is 0 Å². The van der Waals surface area contributed by atoms with E-state index in [0.717, 1.165) is 24.7 Å². The summed E-state index contributed by atoms with van der Waals surface area (Å²) >= 11 is 0. The Balaban J connectivity index is 1.76. The van der Waals surface area contributed by atoms with Crippen molar-refractivity contribution in [2.75, 3.05) is 0 Å². The molecule has 0 unspecified atom stereocenters. The van der Waals surface area contributed by atoms with Gasteiger partial charge < -0.3 is 4.65 Å². The molecule has 0 radical (unpaired) electrons. The molecule has 16 heavy (non-hydrogen) atoms. The fourth-order valence-electron chi connectivity index (χ4n) is 3.52. The van der Waals surface area contributed by atoms with Crippen LogP contribution in [0.25, 0.3) is 0 Å². The van der Waals surface area contributed by atoms with Gasteiger partial charge in [-0.2, -0.15) is 5.26 Å². The van der Waals surface area contributed by atoms with Crippen LogP contribution in [-0.2, 0) is 4.65 Å². The molecule has 2 saturated carbocycles. The molecule has 2 rings (SSSR count). The quantitative estimate of drug-likeness (QED) is 0.668. The molecule has 0 aliphatic heterocycles. The molecule has 0 saturated heterocycles. The zero-order chi connectivity index (χ0) is 11.4. The summed E-state index contributed by atoms with van der Waals surface area (Å²) in [7, 11) is 1.84. The Labute approximate surface area is 99.8 Å². The van der Waals surface area contributed by atoms with Crippen molar-refractivity contribution in [2.24, 2.45) is 17.8 Å². The molecule has 2 nitrogen and oxygen atoms in total. The van der Waals surface area contributed by atoms with Gasteiger partial charge in [0.2, 0.25) is 0 Å². The molecule has 0 spiro atoms. The Morgan fingerprint density at radius 3 is 1.81 bits per heavy atom. The third kappa shape index (κ3) is 2.80. The van der Waals surface area contributed by atoms with Crippen LogP contribution >= 0.6 is 0 Å². The van der Waals surface area contributed by atoms with Crippen molar-refractivity contribution in [2.45, 2.75) is 57.5 Å².